The third-order valence-corrected chi connectivity index (χ3v) is 2.66. The standard InChI is InChI=1S/C15H23NO2/c1-5-18-15(17)14(16-10-11(2)3)13-8-6-12(4)7-9-13/h6-9,11,14,16H,5,10H2,1-4H3. The molecular formula is C15H23NO2. The molecule has 0 aliphatic heterocycles. The monoisotopic (exact) mass is 249 g/mol. The van der Waals surface area contributed by atoms with E-state index in [1.54, 1.807) is 0 Å². The van der Waals surface area contributed by atoms with Gasteiger partial charge in [0.15, 0.2) is 0 Å². The molecule has 0 amide bonds. The van der Waals surface area contributed by atoms with E-state index in [1.165, 1.54) is 5.56 Å². The molecule has 1 atom stereocenters. The van der Waals surface area contributed by atoms with Gasteiger partial charge in [-0.15, -0.1) is 0 Å². The quantitative estimate of drug-likeness (QED) is 0.788. The Morgan fingerprint density at radius 1 is 1.28 bits per heavy atom. The Morgan fingerprint density at radius 3 is 2.39 bits per heavy atom. The minimum atomic E-state index is -0.368. The van der Waals surface area contributed by atoms with Gasteiger partial charge in [-0.1, -0.05) is 43.7 Å². The van der Waals surface area contributed by atoms with E-state index in [1.807, 2.05) is 38.1 Å². The molecule has 0 bridgehead atoms. The Kier molecular flexibility index (Phi) is 5.86. The van der Waals surface area contributed by atoms with E-state index >= 15 is 0 Å². The van der Waals surface area contributed by atoms with Crippen LogP contribution in [0.25, 0.3) is 0 Å². The van der Waals surface area contributed by atoms with Crippen molar-refractivity contribution in [3.05, 3.63) is 35.4 Å². The molecule has 0 saturated heterocycles. The van der Waals surface area contributed by atoms with E-state index in [4.69, 9.17) is 4.74 Å². The van der Waals surface area contributed by atoms with Crippen LogP contribution in [0.1, 0.15) is 37.9 Å². The van der Waals surface area contributed by atoms with E-state index in [9.17, 15) is 4.79 Å². The molecular weight excluding hydrogens is 226 g/mol. The SMILES string of the molecule is CCOC(=O)C(NCC(C)C)c1ccc(C)cc1. The van der Waals surface area contributed by atoms with Gasteiger partial charge in [0.1, 0.15) is 6.04 Å². The van der Waals surface area contributed by atoms with E-state index < -0.39 is 0 Å². The summed E-state index contributed by atoms with van der Waals surface area (Å²) >= 11 is 0. The van der Waals surface area contributed by atoms with Crippen molar-refractivity contribution < 1.29 is 9.53 Å². The van der Waals surface area contributed by atoms with Crippen LogP contribution in [-0.2, 0) is 9.53 Å². The van der Waals surface area contributed by atoms with Crippen molar-refractivity contribution in [2.24, 2.45) is 5.92 Å². The Hall–Kier alpha value is -1.35. The lowest BCUT2D eigenvalue weighted by Gasteiger charge is -2.19. The van der Waals surface area contributed by atoms with Gasteiger partial charge >= 0.3 is 5.97 Å². The van der Waals surface area contributed by atoms with E-state index in [0.717, 1.165) is 12.1 Å². The maximum absolute atomic E-state index is 12.0. The highest BCUT2D eigenvalue weighted by Gasteiger charge is 2.21. The largest absolute Gasteiger partial charge is 0.465 e. The minimum absolute atomic E-state index is 0.206. The molecule has 0 heterocycles. The van der Waals surface area contributed by atoms with Gasteiger partial charge in [0.05, 0.1) is 6.61 Å². The van der Waals surface area contributed by atoms with Crippen LogP contribution in [-0.4, -0.2) is 19.1 Å². The second kappa shape index (κ2) is 7.17. The number of ether oxygens (including phenoxy) is 1. The molecule has 1 rings (SSSR count). The first-order valence-electron chi connectivity index (χ1n) is 6.51. The maximum atomic E-state index is 12.0. The fourth-order valence-electron chi connectivity index (χ4n) is 1.68. The molecule has 0 aliphatic carbocycles. The molecule has 1 unspecified atom stereocenters. The van der Waals surface area contributed by atoms with E-state index in [-0.39, 0.29) is 12.0 Å². The van der Waals surface area contributed by atoms with Crippen molar-refractivity contribution in [2.75, 3.05) is 13.2 Å². The molecule has 18 heavy (non-hydrogen) atoms. The summed E-state index contributed by atoms with van der Waals surface area (Å²) in [6, 6.07) is 7.61. The minimum Gasteiger partial charge on any atom is -0.465 e. The molecule has 0 spiro atoms. The van der Waals surface area contributed by atoms with Crippen LogP contribution in [0, 0.1) is 12.8 Å². The van der Waals surface area contributed by atoms with Crippen molar-refractivity contribution in [2.45, 2.75) is 33.7 Å². The summed E-state index contributed by atoms with van der Waals surface area (Å²) in [4.78, 5) is 12.0. The number of carbonyl (C=O) groups excluding carboxylic acids is 1. The lowest BCUT2D eigenvalue weighted by atomic mass is 10.0. The summed E-state index contributed by atoms with van der Waals surface area (Å²) in [5.74, 6) is 0.286. The Morgan fingerprint density at radius 2 is 1.89 bits per heavy atom. The molecule has 3 nitrogen and oxygen atoms in total. The molecule has 3 heteroatoms. The maximum Gasteiger partial charge on any atom is 0.327 e. The van der Waals surface area contributed by atoms with E-state index in [2.05, 4.69) is 19.2 Å². The van der Waals surface area contributed by atoms with Gasteiger partial charge in [-0.3, -0.25) is 0 Å². The number of aryl methyl sites for hydroxylation is 1. The molecule has 0 radical (unpaired) electrons. The first-order chi connectivity index (χ1) is 8.54. The third-order valence-electron chi connectivity index (χ3n) is 2.66. The van der Waals surface area contributed by atoms with Crippen molar-refractivity contribution in [1.29, 1.82) is 0 Å². The zero-order chi connectivity index (χ0) is 13.5. The van der Waals surface area contributed by atoms with Crippen LogP contribution >= 0.6 is 0 Å². The highest BCUT2D eigenvalue weighted by molar-refractivity contribution is 5.77. The average Bonchev–Trinajstić information content (AvgIpc) is 2.31. The lowest BCUT2D eigenvalue weighted by Crippen LogP contribution is -2.32. The third kappa shape index (κ3) is 4.49. The summed E-state index contributed by atoms with van der Waals surface area (Å²) in [5.41, 5.74) is 2.14. The average molecular weight is 249 g/mol. The second-order valence-electron chi connectivity index (χ2n) is 4.90. The Balaban J connectivity index is 2.82. The smallest absolute Gasteiger partial charge is 0.327 e. The van der Waals surface area contributed by atoms with Crippen LogP contribution in [0.3, 0.4) is 0 Å². The molecule has 0 saturated carbocycles. The molecule has 1 aromatic rings. The van der Waals surface area contributed by atoms with Crippen molar-refractivity contribution in [3.63, 3.8) is 0 Å². The van der Waals surface area contributed by atoms with Crippen molar-refractivity contribution in [3.8, 4) is 0 Å². The molecule has 1 N–H and O–H groups in total. The first-order valence-corrected chi connectivity index (χ1v) is 6.51. The predicted octanol–water partition coefficient (Wildman–Crippen LogP) is 2.84. The van der Waals surface area contributed by atoms with Gasteiger partial charge in [0, 0.05) is 0 Å². The molecule has 0 aliphatic rings. The fourth-order valence-corrected chi connectivity index (χ4v) is 1.68. The number of carbonyl (C=O) groups is 1. The highest BCUT2D eigenvalue weighted by atomic mass is 16.5. The Labute approximate surface area is 110 Å². The number of nitrogens with one attached hydrogen (secondary N) is 1. The van der Waals surface area contributed by atoms with Gasteiger partial charge in [0.2, 0.25) is 0 Å². The number of benzene rings is 1. The number of hydrogen-bond acceptors (Lipinski definition) is 3. The summed E-state index contributed by atoms with van der Waals surface area (Å²) in [5, 5.41) is 3.26. The van der Waals surface area contributed by atoms with Gasteiger partial charge in [-0.25, -0.2) is 4.79 Å². The number of rotatable bonds is 6. The number of esters is 1. The lowest BCUT2D eigenvalue weighted by molar-refractivity contribution is -0.145. The highest BCUT2D eigenvalue weighted by Crippen LogP contribution is 2.16. The number of hydrogen-bond donors (Lipinski definition) is 1. The van der Waals surface area contributed by atoms with Crippen LogP contribution < -0.4 is 5.32 Å². The zero-order valence-corrected chi connectivity index (χ0v) is 11.7. The summed E-state index contributed by atoms with van der Waals surface area (Å²) < 4.78 is 5.12. The van der Waals surface area contributed by atoms with Gasteiger partial charge in [0.25, 0.3) is 0 Å². The molecule has 0 aromatic heterocycles. The molecule has 100 valence electrons. The summed E-state index contributed by atoms with van der Waals surface area (Å²) in [6.45, 7) is 9.29. The van der Waals surface area contributed by atoms with Gasteiger partial charge in [-0.2, -0.15) is 0 Å². The van der Waals surface area contributed by atoms with Crippen molar-refractivity contribution in [1.82, 2.24) is 5.32 Å². The van der Waals surface area contributed by atoms with Crippen LogP contribution in [0.15, 0.2) is 24.3 Å². The molecule has 0 fully saturated rings. The predicted molar refractivity (Wildman–Crippen MR) is 73.4 cm³/mol. The van der Waals surface area contributed by atoms with Crippen LogP contribution in [0.2, 0.25) is 0 Å². The first kappa shape index (κ1) is 14.7. The van der Waals surface area contributed by atoms with Crippen LogP contribution in [0.4, 0.5) is 0 Å². The summed E-state index contributed by atoms with van der Waals surface area (Å²) in [6.07, 6.45) is 0. The normalized spacial score (nSPS) is 12.5. The van der Waals surface area contributed by atoms with Crippen molar-refractivity contribution >= 4 is 5.97 Å². The van der Waals surface area contributed by atoms with Crippen LogP contribution in [0.5, 0.6) is 0 Å². The zero-order valence-electron chi connectivity index (χ0n) is 11.7. The van der Waals surface area contributed by atoms with E-state index in [0.29, 0.717) is 12.5 Å². The Bertz CT molecular complexity index is 371. The molecule has 1 aromatic carbocycles. The van der Waals surface area contributed by atoms with Gasteiger partial charge in [-0.05, 0) is 31.9 Å². The second-order valence-corrected chi connectivity index (χ2v) is 4.90. The fraction of sp³-hybridized carbons (Fsp3) is 0.533. The topological polar surface area (TPSA) is 38.3 Å². The van der Waals surface area contributed by atoms with Gasteiger partial charge < -0.3 is 10.1 Å². The summed E-state index contributed by atoms with van der Waals surface area (Å²) in [7, 11) is 0.